The van der Waals surface area contributed by atoms with Crippen molar-refractivity contribution in [3.8, 4) is 5.75 Å². The third-order valence-electron chi connectivity index (χ3n) is 2.49. The van der Waals surface area contributed by atoms with Gasteiger partial charge in [-0.05, 0) is 24.1 Å². The predicted octanol–water partition coefficient (Wildman–Crippen LogP) is 1.78. The fraction of sp³-hybridized carbons (Fsp3) is 0.300. The second-order valence-electron chi connectivity index (χ2n) is 3.40. The summed E-state index contributed by atoms with van der Waals surface area (Å²) in [5.74, 6) is -0.0372. The van der Waals surface area contributed by atoms with Crippen molar-refractivity contribution < 1.29 is 9.90 Å². The highest BCUT2D eigenvalue weighted by molar-refractivity contribution is 9.10. The number of phenols is 1. The Kier molecular flexibility index (Phi) is 2.23. The molecule has 1 heterocycles. The third kappa shape index (κ3) is 1.30. The first-order chi connectivity index (χ1) is 6.61. The standard InChI is InChI=1S/C10H10BrNO2/c1-12-5-4-6-7(11)2-3-8(13)9(6)10(12)14/h2-3,13H,4-5H2,1H3. The lowest BCUT2D eigenvalue weighted by Crippen LogP contribution is -2.34. The van der Waals surface area contributed by atoms with Gasteiger partial charge in [-0.25, -0.2) is 0 Å². The van der Waals surface area contributed by atoms with Gasteiger partial charge in [0.2, 0.25) is 0 Å². The second-order valence-corrected chi connectivity index (χ2v) is 4.25. The number of likely N-dealkylation sites (N-methyl/N-ethyl adjacent to an activating group) is 1. The number of rotatable bonds is 0. The highest BCUT2D eigenvalue weighted by Crippen LogP contribution is 2.32. The Balaban J connectivity index is 2.64. The Morgan fingerprint density at radius 3 is 2.93 bits per heavy atom. The first-order valence-electron chi connectivity index (χ1n) is 4.37. The molecule has 1 N–H and O–H groups in total. The van der Waals surface area contributed by atoms with Crippen LogP contribution in [0.15, 0.2) is 16.6 Å². The molecule has 1 aliphatic rings. The van der Waals surface area contributed by atoms with E-state index in [0.29, 0.717) is 12.1 Å². The number of nitrogens with zero attached hydrogens (tertiary/aromatic N) is 1. The maximum Gasteiger partial charge on any atom is 0.257 e. The number of hydrogen-bond donors (Lipinski definition) is 1. The number of carbonyl (C=O) groups is 1. The summed E-state index contributed by atoms with van der Waals surface area (Å²) in [6.07, 6.45) is 0.784. The normalized spacial score (nSPS) is 15.6. The first-order valence-corrected chi connectivity index (χ1v) is 5.16. The van der Waals surface area contributed by atoms with Crippen LogP contribution in [-0.2, 0) is 6.42 Å². The SMILES string of the molecule is CN1CCc2c(Br)ccc(O)c2C1=O. The molecule has 0 radical (unpaired) electrons. The number of phenolic OH excluding ortho intramolecular Hbond substituents is 1. The predicted molar refractivity (Wildman–Crippen MR) is 56.5 cm³/mol. The van der Waals surface area contributed by atoms with Crippen molar-refractivity contribution in [3.05, 3.63) is 27.7 Å². The molecule has 2 rings (SSSR count). The van der Waals surface area contributed by atoms with Crippen LogP contribution >= 0.6 is 15.9 Å². The highest BCUT2D eigenvalue weighted by Gasteiger charge is 2.26. The summed E-state index contributed by atoms with van der Waals surface area (Å²) in [5, 5.41) is 9.60. The van der Waals surface area contributed by atoms with E-state index in [0.717, 1.165) is 16.5 Å². The molecule has 14 heavy (non-hydrogen) atoms. The average molecular weight is 256 g/mol. The Morgan fingerprint density at radius 2 is 2.21 bits per heavy atom. The molecule has 1 aliphatic heterocycles. The molecule has 3 nitrogen and oxygen atoms in total. The minimum absolute atomic E-state index is 0.0692. The highest BCUT2D eigenvalue weighted by atomic mass is 79.9. The van der Waals surface area contributed by atoms with Crippen LogP contribution < -0.4 is 0 Å². The van der Waals surface area contributed by atoms with Gasteiger partial charge < -0.3 is 10.0 Å². The molecular weight excluding hydrogens is 246 g/mol. The zero-order valence-electron chi connectivity index (χ0n) is 7.75. The van der Waals surface area contributed by atoms with Crippen molar-refractivity contribution in [1.82, 2.24) is 4.90 Å². The van der Waals surface area contributed by atoms with Crippen molar-refractivity contribution in [2.75, 3.05) is 13.6 Å². The van der Waals surface area contributed by atoms with E-state index in [2.05, 4.69) is 15.9 Å². The van der Waals surface area contributed by atoms with E-state index in [-0.39, 0.29) is 11.7 Å². The van der Waals surface area contributed by atoms with Crippen LogP contribution in [0.5, 0.6) is 5.75 Å². The monoisotopic (exact) mass is 255 g/mol. The molecule has 74 valence electrons. The van der Waals surface area contributed by atoms with E-state index in [1.807, 2.05) is 0 Å². The maximum absolute atomic E-state index is 11.7. The fourth-order valence-corrected chi connectivity index (χ4v) is 2.19. The minimum Gasteiger partial charge on any atom is -0.507 e. The number of aromatic hydroxyl groups is 1. The Morgan fingerprint density at radius 1 is 1.50 bits per heavy atom. The molecule has 0 fully saturated rings. The number of amides is 1. The van der Waals surface area contributed by atoms with Crippen molar-refractivity contribution in [2.45, 2.75) is 6.42 Å². The molecule has 0 saturated heterocycles. The van der Waals surface area contributed by atoms with E-state index in [1.54, 1.807) is 24.1 Å². The summed E-state index contributed by atoms with van der Waals surface area (Å²) in [7, 11) is 1.74. The van der Waals surface area contributed by atoms with Crippen LogP contribution in [-0.4, -0.2) is 29.5 Å². The molecule has 0 spiro atoms. The van der Waals surface area contributed by atoms with Crippen LogP contribution in [0, 0.1) is 0 Å². The molecule has 1 aromatic carbocycles. The maximum atomic E-state index is 11.7. The van der Waals surface area contributed by atoms with Crippen LogP contribution in [0.25, 0.3) is 0 Å². The van der Waals surface area contributed by atoms with Gasteiger partial charge in [0.15, 0.2) is 0 Å². The number of benzene rings is 1. The molecule has 4 heteroatoms. The summed E-state index contributed by atoms with van der Waals surface area (Å²) >= 11 is 3.38. The van der Waals surface area contributed by atoms with Gasteiger partial charge in [-0.3, -0.25) is 4.79 Å². The summed E-state index contributed by atoms with van der Waals surface area (Å²) in [4.78, 5) is 13.4. The summed E-state index contributed by atoms with van der Waals surface area (Å²) in [6, 6.07) is 3.31. The van der Waals surface area contributed by atoms with Crippen molar-refractivity contribution >= 4 is 21.8 Å². The molecular formula is C10H10BrNO2. The Labute approximate surface area is 90.5 Å². The van der Waals surface area contributed by atoms with Crippen LogP contribution in [0.1, 0.15) is 15.9 Å². The van der Waals surface area contributed by atoms with Crippen LogP contribution in [0.3, 0.4) is 0 Å². The number of halogens is 1. The van der Waals surface area contributed by atoms with Gasteiger partial charge in [0.05, 0.1) is 5.56 Å². The van der Waals surface area contributed by atoms with E-state index < -0.39 is 0 Å². The zero-order chi connectivity index (χ0) is 10.3. The number of fused-ring (bicyclic) bond motifs is 1. The lowest BCUT2D eigenvalue weighted by molar-refractivity contribution is 0.0777. The summed E-state index contributed by atoms with van der Waals surface area (Å²) in [5.41, 5.74) is 1.35. The Bertz CT molecular complexity index is 403. The molecule has 1 aromatic rings. The zero-order valence-corrected chi connectivity index (χ0v) is 9.34. The minimum atomic E-state index is -0.106. The fourth-order valence-electron chi connectivity index (χ4n) is 1.66. The first kappa shape index (κ1) is 9.52. The van der Waals surface area contributed by atoms with Gasteiger partial charge in [-0.15, -0.1) is 0 Å². The lowest BCUT2D eigenvalue weighted by Gasteiger charge is -2.25. The van der Waals surface area contributed by atoms with Gasteiger partial charge in [-0.2, -0.15) is 0 Å². The number of hydrogen-bond acceptors (Lipinski definition) is 2. The van der Waals surface area contributed by atoms with Crippen LogP contribution in [0.2, 0.25) is 0 Å². The molecule has 0 saturated carbocycles. The second kappa shape index (κ2) is 3.28. The number of carbonyl (C=O) groups excluding carboxylic acids is 1. The van der Waals surface area contributed by atoms with Crippen LogP contribution in [0.4, 0.5) is 0 Å². The summed E-state index contributed by atoms with van der Waals surface area (Å²) in [6.45, 7) is 0.702. The van der Waals surface area contributed by atoms with Gasteiger partial charge >= 0.3 is 0 Å². The van der Waals surface area contributed by atoms with E-state index >= 15 is 0 Å². The average Bonchev–Trinajstić information content (AvgIpc) is 2.16. The quantitative estimate of drug-likeness (QED) is 0.768. The molecule has 0 aromatic heterocycles. The van der Waals surface area contributed by atoms with Gasteiger partial charge in [0, 0.05) is 18.1 Å². The molecule has 0 bridgehead atoms. The smallest absolute Gasteiger partial charge is 0.257 e. The molecule has 1 amide bonds. The van der Waals surface area contributed by atoms with Crippen molar-refractivity contribution in [1.29, 1.82) is 0 Å². The van der Waals surface area contributed by atoms with Gasteiger partial charge in [0.25, 0.3) is 5.91 Å². The van der Waals surface area contributed by atoms with E-state index in [1.165, 1.54) is 0 Å². The topological polar surface area (TPSA) is 40.5 Å². The Hall–Kier alpha value is -1.03. The third-order valence-corrected chi connectivity index (χ3v) is 3.23. The lowest BCUT2D eigenvalue weighted by atomic mass is 9.98. The van der Waals surface area contributed by atoms with E-state index in [9.17, 15) is 9.90 Å². The molecule has 0 unspecified atom stereocenters. The van der Waals surface area contributed by atoms with Crippen molar-refractivity contribution in [3.63, 3.8) is 0 Å². The molecule has 0 atom stereocenters. The van der Waals surface area contributed by atoms with Gasteiger partial charge in [0.1, 0.15) is 5.75 Å². The molecule has 0 aliphatic carbocycles. The summed E-state index contributed by atoms with van der Waals surface area (Å²) < 4.78 is 0.895. The van der Waals surface area contributed by atoms with E-state index in [4.69, 9.17) is 0 Å². The van der Waals surface area contributed by atoms with Gasteiger partial charge in [-0.1, -0.05) is 15.9 Å². The largest absolute Gasteiger partial charge is 0.507 e. The van der Waals surface area contributed by atoms with Crippen molar-refractivity contribution in [2.24, 2.45) is 0 Å².